The van der Waals surface area contributed by atoms with E-state index in [0.29, 0.717) is 41.5 Å². The van der Waals surface area contributed by atoms with Crippen LogP contribution >= 0.6 is 23.2 Å². The first-order chi connectivity index (χ1) is 10.6. The van der Waals surface area contributed by atoms with Gasteiger partial charge in [-0.1, -0.05) is 23.2 Å². The molecule has 2 fully saturated rings. The maximum absolute atomic E-state index is 11.8. The summed E-state index contributed by atoms with van der Waals surface area (Å²) in [6.45, 7) is 1.57. The Hall–Kier alpha value is -1.61. The van der Waals surface area contributed by atoms with Gasteiger partial charge in [-0.2, -0.15) is 0 Å². The van der Waals surface area contributed by atoms with Crippen LogP contribution in [-0.4, -0.2) is 42.7 Å². The monoisotopic (exact) mass is 343 g/mol. The molecular weight excluding hydrogens is 329 g/mol. The number of carbonyl (C=O) groups excluding carboxylic acids is 1. The highest BCUT2D eigenvalue weighted by molar-refractivity contribution is 6.35. The van der Waals surface area contributed by atoms with Crippen LogP contribution in [0.1, 0.15) is 0 Å². The topological polar surface area (TPSA) is 102 Å². The van der Waals surface area contributed by atoms with Gasteiger partial charge in [-0.3, -0.25) is 20.5 Å². The number of aliphatic imine (C=N–C) groups is 1. The minimum atomic E-state index is -0.132. The van der Waals surface area contributed by atoms with E-state index in [1.807, 2.05) is 0 Å². The van der Waals surface area contributed by atoms with E-state index in [4.69, 9.17) is 23.2 Å². The summed E-state index contributed by atoms with van der Waals surface area (Å²) >= 11 is 11.8. The molecular formula is C12H15Cl2N7O. The van der Waals surface area contributed by atoms with Crippen LogP contribution < -0.4 is 26.8 Å². The lowest BCUT2D eigenvalue weighted by Gasteiger charge is -2.27. The first-order valence-corrected chi connectivity index (χ1v) is 7.54. The molecule has 0 radical (unpaired) electrons. The lowest BCUT2D eigenvalue weighted by molar-refractivity contribution is -0.124. The van der Waals surface area contributed by atoms with E-state index < -0.39 is 0 Å². The van der Waals surface area contributed by atoms with Gasteiger partial charge in [0.05, 0.1) is 22.5 Å². The summed E-state index contributed by atoms with van der Waals surface area (Å²) in [6.07, 6.45) is 1.39. The van der Waals surface area contributed by atoms with Gasteiger partial charge < -0.3 is 10.6 Å². The van der Waals surface area contributed by atoms with Crippen molar-refractivity contribution in [3.8, 4) is 0 Å². The highest BCUT2D eigenvalue weighted by Crippen LogP contribution is 2.22. The van der Waals surface area contributed by atoms with Gasteiger partial charge in [0, 0.05) is 19.3 Å². The van der Waals surface area contributed by atoms with E-state index in [2.05, 4.69) is 36.8 Å². The van der Waals surface area contributed by atoms with Gasteiger partial charge in [0.2, 0.25) is 5.91 Å². The number of guanidine groups is 1. The van der Waals surface area contributed by atoms with Gasteiger partial charge in [0.1, 0.15) is 12.0 Å². The van der Waals surface area contributed by atoms with Crippen LogP contribution in [0.2, 0.25) is 10.0 Å². The molecule has 3 heterocycles. The summed E-state index contributed by atoms with van der Waals surface area (Å²) in [5.74, 6) is 0.831. The molecule has 5 N–H and O–H groups in total. The third-order valence-electron chi connectivity index (χ3n) is 3.33. The van der Waals surface area contributed by atoms with Crippen molar-refractivity contribution in [2.75, 3.05) is 25.0 Å². The van der Waals surface area contributed by atoms with Crippen LogP contribution in [0.5, 0.6) is 0 Å². The summed E-state index contributed by atoms with van der Waals surface area (Å²) in [4.78, 5) is 20.2. The largest absolute Gasteiger partial charge is 0.367 e. The second-order valence-corrected chi connectivity index (χ2v) is 5.73. The number of hydrazine groups is 1. The number of nitrogens with zero attached hydrogens (tertiary/aromatic N) is 2. The Morgan fingerprint density at radius 3 is 3.14 bits per heavy atom. The Kier molecular flexibility index (Phi) is 4.63. The van der Waals surface area contributed by atoms with Crippen LogP contribution in [-0.2, 0) is 4.79 Å². The van der Waals surface area contributed by atoms with Crippen molar-refractivity contribution in [3.05, 3.63) is 22.3 Å². The molecule has 2 saturated heterocycles. The van der Waals surface area contributed by atoms with Gasteiger partial charge in [0.15, 0.2) is 5.96 Å². The van der Waals surface area contributed by atoms with Crippen LogP contribution in [0, 0.1) is 5.92 Å². The normalized spacial score (nSPS) is 25.5. The molecule has 8 nitrogen and oxygen atoms in total. The lowest BCUT2D eigenvalue weighted by Crippen LogP contribution is -2.61. The molecule has 1 aromatic rings. The highest BCUT2D eigenvalue weighted by Gasteiger charge is 2.37. The molecule has 0 spiro atoms. The Balaban J connectivity index is 1.51. The Morgan fingerprint density at radius 2 is 2.32 bits per heavy atom. The minimum absolute atomic E-state index is 0.0460. The van der Waals surface area contributed by atoms with Crippen molar-refractivity contribution in [1.29, 1.82) is 0 Å². The SMILES string of the molecule is O=C1NC(=NCCNc2ncc(Cl)cc2Cl)NC2NNCC12. The molecule has 2 atom stereocenters. The van der Waals surface area contributed by atoms with E-state index in [-0.39, 0.29) is 18.0 Å². The van der Waals surface area contributed by atoms with Gasteiger partial charge in [-0.15, -0.1) is 0 Å². The van der Waals surface area contributed by atoms with E-state index in [1.54, 1.807) is 6.07 Å². The van der Waals surface area contributed by atoms with Gasteiger partial charge >= 0.3 is 0 Å². The first-order valence-electron chi connectivity index (χ1n) is 6.78. The molecule has 0 aliphatic carbocycles. The number of anilines is 1. The molecule has 22 heavy (non-hydrogen) atoms. The number of halogens is 2. The fourth-order valence-corrected chi connectivity index (χ4v) is 2.69. The van der Waals surface area contributed by atoms with Crippen molar-refractivity contribution in [1.82, 2.24) is 26.5 Å². The second kappa shape index (κ2) is 6.66. The standard InChI is InChI=1S/C12H15Cl2N7O/c13-6-3-8(14)10(17-4-6)15-1-2-16-12-19-9-7(5-18-21-9)11(22)20-12/h3-4,7,9,18,21H,1-2,5H2,(H,15,17)(H2,16,19,20,22). The zero-order valence-electron chi connectivity index (χ0n) is 11.5. The van der Waals surface area contributed by atoms with Crippen molar-refractivity contribution in [3.63, 3.8) is 0 Å². The van der Waals surface area contributed by atoms with Crippen molar-refractivity contribution >= 4 is 40.9 Å². The second-order valence-electron chi connectivity index (χ2n) is 4.88. The number of amides is 1. The number of aromatic nitrogens is 1. The third-order valence-corrected chi connectivity index (χ3v) is 3.83. The number of hydrogen-bond acceptors (Lipinski definition) is 6. The zero-order chi connectivity index (χ0) is 15.5. The van der Waals surface area contributed by atoms with Crippen LogP contribution in [0.25, 0.3) is 0 Å². The number of pyridine rings is 1. The number of rotatable bonds is 4. The Labute approximate surface area is 137 Å². The van der Waals surface area contributed by atoms with Crippen LogP contribution in [0.3, 0.4) is 0 Å². The zero-order valence-corrected chi connectivity index (χ0v) is 13.0. The summed E-state index contributed by atoms with van der Waals surface area (Å²) in [5.41, 5.74) is 5.93. The molecule has 0 aromatic carbocycles. The molecule has 3 rings (SSSR count). The van der Waals surface area contributed by atoms with Crippen molar-refractivity contribution in [2.45, 2.75) is 6.17 Å². The maximum Gasteiger partial charge on any atom is 0.234 e. The molecule has 2 aliphatic rings. The van der Waals surface area contributed by atoms with Gasteiger partial charge in [0.25, 0.3) is 0 Å². The molecule has 2 unspecified atom stereocenters. The number of carbonyl (C=O) groups is 1. The summed E-state index contributed by atoms with van der Waals surface area (Å²) in [7, 11) is 0. The van der Waals surface area contributed by atoms with E-state index in [1.165, 1.54) is 6.20 Å². The first kappa shape index (κ1) is 15.3. The fourth-order valence-electron chi connectivity index (χ4n) is 2.24. The summed E-state index contributed by atoms with van der Waals surface area (Å²) < 4.78 is 0. The predicted octanol–water partition coefficient (Wildman–Crippen LogP) is -0.0742. The predicted molar refractivity (Wildman–Crippen MR) is 84.7 cm³/mol. The number of fused-ring (bicyclic) bond motifs is 1. The van der Waals surface area contributed by atoms with E-state index in [9.17, 15) is 4.79 Å². The van der Waals surface area contributed by atoms with E-state index >= 15 is 0 Å². The van der Waals surface area contributed by atoms with Gasteiger partial charge in [-0.25, -0.2) is 10.4 Å². The van der Waals surface area contributed by atoms with Crippen LogP contribution in [0.15, 0.2) is 17.3 Å². The lowest BCUT2D eigenvalue weighted by atomic mass is 10.1. The third kappa shape index (κ3) is 3.41. The molecule has 1 aromatic heterocycles. The maximum atomic E-state index is 11.8. The van der Waals surface area contributed by atoms with Crippen molar-refractivity contribution in [2.24, 2.45) is 10.9 Å². The molecule has 1 amide bonds. The summed E-state index contributed by atoms with van der Waals surface area (Å²) in [5, 5.41) is 9.85. The number of hydrogen-bond donors (Lipinski definition) is 5. The molecule has 0 saturated carbocycles. The number of nitrogens with one attached hydrogen (secondary N) is 5. The van der Waals surface area contributed by atoms with Crippen LogP contribution in [0.4, 0.5) is 5.82 Å². The Bertz CT molecular complexity index is 609. The highest BCUT2D eigenvalue weighted by atomic mass is 35.5. The van der Waals surface area contributed by atoms with Gasteiger partial charge in [-0.05, 0) is 6.07 Å². The molecule has 118 valence electrons. The van der Waals surface area contributed by atoms with Crippen molar-refractivity contribution < 1.29 is 4.79 Å². The molecule has 2 aliphatic heterocycles. The quantitative estimate of drug-likeness (QED) is 0.490. The molecule has 0 bridgehead atoms. The summed E-state index contributed by atoms with van der Waals surface area (Å²) in [6, 6.07) is 1.62. The fraction of sp³-hybridized carbons (Fsp3) is 0.417. The average molecular weight is 344 g/mol. The average Bonchev–Trinajstić information content (AvgIpc) is 2.94. The smallest absolute Gasteiger partial charge is 0.234 e. The molecule has 10 heteroatoms. The minimum Gasteiger partial charge on any atom is -0.367 e. The Morgan fingerprint density at radius 1 is 1.45 bits per heavy atom. The van der Waals surface area contributed by atoms with E-state index in [0.717, 1.165) is 0 Å².